The molecule has 0 aliphatic carbocycles. The fraction of sp³-hybridized carbons (Fsp3) is 0.345. The zero-order valence-corrected chi connectivity index (χ0v) is 26.3. The summed E-state index contributed by atoms with van der Waals surface area (Å²) in [5, 5.41) is 30.4. The number of halogens is 9. The molecule has 4 aromatic heterocycles. The maximum atomic E-state index is 10.6. The molecule has 0 radical (unpaired) electrons. The van der Waals surface area contributed by atoms with E-state index >= 15 is 0 Å². The van der Waals surface area contributed by atoms with Crippen molar-refractivity contribution in [3.8, 4) is 11.1 Å². The Hall–Kier alpha value is -5.38. The lowest BCUT2D eigenvalue weighted by Gasteiger charge is -2.38. The fourth-order valence-corrected chi connectivity index (χ4v) is 4.15. The van der Waals surface area contributed by atoms with E-state index in [1.54, 1.807) is 12.4 Å². The summed E-state index contributed by atoms with van der Waals surface area (Å²) >= 11 is 0. The van der Waals surface area contributed by atoms with Gasteiger partial charge in [-0.2, -0.15) is 39.5 Å². The summed E-state index contributed by atoms with van der Waals surface area (Å²) in [6.07, 6.45) is -9.60. The monoisotopic (exact) mass is 741 g/mol. The number of hydrogen-bond donors (Lipinski definition) is 3. The SMILES string of the molecule is Cc1cccc(CN2CCN(C)C(c3nnn4cc(-c5ccncc5)ccc34)C2)n1.O=C(O)C(F)(F)F.O=C(O)C(F)(F)F.O=C(O)C(F)(F)F. The van der Waals surface area contributed by atoms with Crippen LogP contribution in [0.5, 0.6) is 0 Å². The third kappa shape index (κ3) is 13.5. The van der Waals surface area contributed by atoms with E-state index in [0.717, 1.165) is 59.9 Å². The van der Waals surface area contributed by atoms with Gasteiger partial charge >= 0.3 is 36.4 Å². The second-order valence-corrected chi connectivity index (χ2v) is 10.4. The first-order chi connectivity index (χ1) is 23.5. The number of likely N-dealkylation sites (N-methyl/N-ethyl adjacent to an activating group) is 1. The molecule has 0 amide bonds. The van der Waals surface area contributed by atoms with Gasteiger partial charge in [0.15, 0.2) is 0 Å². The minimum absolute atomic E-state index is 0.202. The summed E-state index contributed by atoms with van der Waals surface area (Å²) in [7, 11) is 2.17. The Kier molecular flexibility index (Phi) is 14.4. The molecule has 278 valence electrons. The van der Waals surface area contributed by atoms with E-state index in [4.69, 9.17) is 29.7 Å². The number of nitrogens with zero attached hydrogens (tertiary/aromatic N) is 7. The maximum Gasteiger partial charge on any atom is 0.490 e. The lowest BCUT2D eigenvalue weighted by molar-refractivity contribution is -0.193. The van der Waals surface area contributed by atoms with Crippen molar-refractivity contribution >= 4 is 23.4 Å². The van der Waals surface area contributed by atoms with Crippen LogP contribution < -0.4 is 0 Å². The number of piperazine rings is 1. The number of aliphatic carboxylic acids is 3. The number of aryl methyl sites for hydroxylation is 1. The molecule has 1 unspecified atom stereocenters. The van der Waals surface area contributed by atoms with E-state index < -0.39 is 36.4 Å². The molecular weight excluding hydrogens is 713 g/mol. The summed E-state index contributed by atoms with van der Waals surface area (Å²) in [5.74, 6) is -8.27. The predicted molar refractivity (Wildman–Crippen MR) is 157 cm³/mol. The normalized spacial score (nSPS) is 15.3. The molecule has 0 bridgehead atoms. The molecular formula is C29H28F9N7O6. The molecule has 4 aromatic rings. The number of carbonyl (C=O) groups is 3. The van der Waals surface area contributed by atoms with Crippen LogP contribution in [0.2, 0.25) is 0 Å². The number of hydrogen-bond acceptors (Lipinski definition) is 9. The second kappa shape index (κ2) is 17.5. The maximum absolute atomic E-state index is 10.6. The zero-order chi connectivity index (χ0) is 38.7. The number of alkyl halides is 9. The highest BCUT2D eigenvalue weighted by Gasteiger charge is 2.39. The Balaban J connectivity index is 0.000000352. The summed E-state index contributed by atoms with van der Waals surface area (Å²) in [6.45, 7) is 5.82. The van der Waals surface area contributed by atoms with Crippen molar-refractivity contribution in [2.75, 3.05) is 26.7 Å². The molecule has 1 fully saturated rings. The van der Waals surface area contributed by atoms with Crippen LogP contribution in [-0.2, 0) is 20.9 Å². The first-order valence-electron chi connectivity index (χ1n) is 14.0. The number of carboxylic acid groups (broad SMARTS) is 3. The molecule has 5 rings (SSSR count). The van der Waals surface area contributed by atoms with Gasteiger partial charge in [-0.3, -0.25) is 19.8 Å². The minimum atomic E-state index is -5.08. The largest absolute Gasteiger partial charge is 0.490 e. The van der Waals surface area contributed by atoms with Gasteiger partial charge in [-0.25, -0.2) is 18.9 Å². The summed E-state index contributed by atoms with van der Waals surface area (Å²) < 4.78 is 97.1. The standard InChI is InChI=1S/C23H25N7.3C2HF3O2/c1-17-4-3-5-20(25-17)15-29-13-12-28(2)22(16-29)23-21-7-6-19(14-30(21)27-26-23)18-8-10-24-11-9-18;3*3-2(4,5)1(6)7/h3-11,14,22H,12-13,15-16H2,1-2H3;3*(H,6,7). The van der Waals surface area contributed by atoms with Gasteiger partial charge in [0.1, 0.15) is 5.69 Å². The number of pyridine rings is 3. The molecule has 1 aliphatic heterocycles. The van der Waals surface area contributed by atoms with Crippen LogP contribution in [0.4, 0.5) is 39.5 Å². The molecule has 0 aromatic carbocycles. The Morgan fingerprint density at radius 2 is 1.31 bits per heavy atom. The quantitative estimate of drug-likeness (QED) is 0.242. The molecule has 1 aliphatic rings. The van der Waals surface area contributed by atoms with Gasteiger partial charge in [0.25, 0.3) is 0 Å². The molecule has 1 saturated heterocycles. The van der Waals surface area contributed by atoms with Crippen molar-refractivity contribution in [3.63, 3.8) is 0 Å². The lowest BCUT2D eigenvalue weighted by Crippen LogP contribution is -2.46. The average molecular weight is 742 g/mol. The molecule has 22 heteroatoms. The molecule has 3 N–H and O–H groups in total. The van der Waals surface area contributed by atoms with Gasteiger partial charge in [-0.05, 0) is 49.9 Å². The minimum Gasteiger partial charge on any atom is -0.475 e. The van der Waals surface area contributed by atoms with Crippen LogP contribution in [0.3, 0.4) is 0 Å². The zero-order valence-electron chi connectivity index (χ0n) is 26.3. The van der Waals surface area contributed by atoms with Crippen molar-refractivity contribution in [1.29, 1.82) is 0 Å². The van der Waals surface area contributed by atoms with Crippen molar-refractivity contribution in [1.82, 2.24) is 34.6 Å². The van der Waals surface area contributed by atoms with Crippen LogP contribution in [0.15, 0.2) is 61.1 Å². The number of rotatable bonds is 4. The predicted octanol–water partition coefficient (Wildman–Crippen LogP) is 4.88. The van der Waals surface area contributed by atoms with Crippen molar-refractivity contribution in [2.24, 2.45) is 0 Å². The van der Waals surface area contributed by atoms with E-state index in [0.29, 0.717) is 0 Å². The van der Waals surface area contributed by atoms with Gasteiger partial charge in [0, 0.05) is 56.0 Å². The van der Waals surface area contributed by atoms with E-state index in [-0.39, 0.29) is 6.04 Å². The topological polar surface area (TPSA) is 174 Å². The van der Waals surface area contributed by atoms with Gasteiger partial charge in [0.2, 0.25) is 0 Å². The highest BCUT2D eigenvalue weighted by molar-refractivity contribution is 5.73. The van der Waals surface area contributed by atoms with Crippen LogP contribution in [0, 0.1) is 6.92 Å². The summed E-state index contributed by atoms with van der Waals surface area (Å²) in [4.78, 5) is 40.3. The highest BCUT2D eigenvalue weighted by Crippen LogP contribution is 2.28. The van der Waals surface area contributed by atoms with Crippen LogP contribution in [-0.4, -0.2) is 113 Å². The first kappa shape index (κ1) is 41.8. The Bertz CT molecular complexity index is 1710. The van der Waals surface area contributed by atoms with Gasteiger partial charge in [-0.15, -0.1) is 5.10 Å². The van der Waals surface area contributed by atoms with E-state index in [2.05, 4.69) is 61.4 Å². The average Bonchev–Trinajstić information content (AvgIpc) is 3.45. The number of aromatic nitrogens is 5. The van der Waals surface area contributed by atoms with E-state index in [1.807, 2.05) is 35.8 Å². The van der Waals surface area contributed by atoms with Gasteiger partial charge < -0.3 is 15.3 Å². The smallest absolute Gasteiger partial charge is 0.475 e. The first-order valence-corrected chi connectivity index (χ1v) is 14.0. The van der Waals surface area contributed by atoms with Crippen LogP contribution >= 0.6 is 0 Å². The molecule has 51 heavy (non-hydrogen) atoms. The lowest BCUT2D eigenvalue weighted by atomic mass is 10.1. The molecule has 0 saturated carbocycles. The van der Waals surface area contributed by atoms with Crippen molar-refractivity contribution in [2.45, 2.75) is 38.0 Å². The highest BCUT2D eigenvalue weighted by atomic mass is 19.4. The Labute approximate surface area is 281 Å². The summed E-state index contributed by atoms with van der Waals surface area (Å²) in [5.41, 5.74) is 6.49. The van der Waals surface area contributed by atoms with E-state index in [1.165, 1.54) is 0 Å². The van der Waals surface area contributed by atoms with Crippen LogP contribution in [0.1, 0.15) is 23.1 Å². The Morgan fingerprint density at radius 3 is 1.80 bits per heavy atom. The fourth-order valence-electron chi connectivity index (χ4n) is 4.15. The molecule has 1 atom stereocenters. The number of fused-ring (bicyclic) bond motifs is 1. The molecule has 0 spiro atoms. The number of carboxylic acids is 3. The van der Waals surface area contributed by atoms with Crippen LogP contribution in [0.25, 0.3) is 16.6 Å². The van der Waals surface area contributed by atoms with E-state index in [9.17, 15) is 39.5 Å². The Morgan fingerprint density at radius 1 is 0.784 bits per heavy atom. The van der Waals surface area contributed by atoms with Crippen molar-refractivity contribution in [3.05, 3.63) is 78.1 Å². The third-order valence-corrected chi connectivity index (χ3v) is 6.56. The second-order valence-electron chi connectivity index (χ2n) is 10.4. The van der Waals surface area contributed by atoms with Gasteiger partial charge in [-0.1, -0.05) is 17.3 Å². The van der Waals surface area contributed by atoms with Gasteiger partial charge in [0.05, 0.1) is 17.3 Å². The molecule has 5 heterocycles. The van der Waals surface area contributed by atoms with Crippen molar-refractivity contribution < 1.29 is 69.2 Å². The molecule has 13 nitrogen and oxygen atoms in total. The summed E-state index contributed by atoms with van der Waals surface area (Å²) in [6, 6.07) is 14.7. The third-order valence-electron chi connectivity index (χ3n) is 6.56.